The van der Waals surface area contributed by atoms with Crippen LogP contribution in [0.4, 0.5) is 0 Å². The molecule has 1 aromatic carbocycles. The van der Waals surface area contributed by atoms with E-state index in [0.29, 0.717) is 42.6 Å². The number of hydrogen-bond donors (Lipinski definition) is 0. The van der Waals surface area contributed by atoms with Crippen LogP contribution in [0.25, 0.3) is 0 Å². The lowest BCUT2D eigenvalue weighted by Crippen LogP contribution is -2.34. The van der Waals surface area contributed by atoms with Gasteiger partial charge in [0.05, 0.1) is 37.6 Å². The molecule has 1 unspecified atom stereocenters. The first-order chi connectivity index (χ1) is 13.6. The second-order valence-electron chi connectivity index (χ2n) is 6.08. The summed E-state index contributed by atoms with van der Waals surface area (Å²) in [6.45, 7) is 4.84. The van der Waals surface area contributed by atoms with Crippen LogP contribution in [0.5, 0.6) is 11.5 Å². The standard InChI is InChI=1S/C20H24N2O5S/c1-5-26-19(23)17-13(2)21-20-22(8-11-28-20)18(17)14-6-7-15(16(12-14)25-4)27-10-9-24-3/h6-8,11-12,18H,5,9-10H2,1-4H3. The molecule has 0 aliphatic carbocycles. The predicted octanol–water partition coefficient (Wildman–Crippen LogP) is 3.49. The molecule has 2 heterocycles. The Morgan fingerprint density at radius 3 is 2.79 bits per heavy atom. The zero-order valence-corrected chi connectivity index (χ0v) is 17.2. The molecule has 3 rings (SSSR count). The molecule has 0 fully saturated rings. The second kappa shape index (κ2) is 9.16. The Kier molecular flexibility index (Phi) is 6.64. The number of ether oxygens (including phenoxy) is 4. The van der Waals surface area contributed by atoms with E-state index in [-0.39, 0.29) is 12.0 Å². The fourth-order valence-electron chi connectivity index (χ4n) is 3.11. The molecule has 150 valence electrons. The maximum Gasteiger partial charge on any atom is 0.338 e. The normalized spacial score (nSPS) is 18.1. The molecule has 2 aliphatic rings. The number of esters is 1. The van der Waals surface area contributed by atoms with Crippen molar-refractivity contribution in [1.29, 1.82) is 0 Å². The van der Waals surface area contributed by atoms with Gasteiger partial charge in [0, 0.05) is 13.3 Å². The van der Waals surface area contributed by atoms with Crippen molar-refractivity contribution in [2.75, 3.05) is 34.0 Å². The lowest BCUT2D eigenvalue weighted by molar-refractivity contribution is -0.139. The third-order valence-corrected chi connectivity index (χ3v) is 5.14. The monoisotopic (exact) mass is 404 g/mol. The molecule has 0 saturated carbocycles. The van der Waals surface area contributed by atoms with Crippen molar-refractivity contribution in [3.8, 4) is 11.5 Å². The largest absolute Gasteiger partial charge is 0.493 e. The predicted molar refractivity (Wildman–Crippen MR) is 108 cm³/mol. The number of carbonyl (C=O) groups is 1. The van der Waals surface area contributed by atoms with Crippen molar-refractivity contribution in [3.05, 3.63) is 46.6 Å². The summed E-state index contributed by atoms with van der Waals surface area (Å²) in [6.07, 6.45) is 1.93. The molecular weight excluding hydrogens is 380 g/mol. The number of methoxy groups -OCH3 is 2. The second-order valence-corrected chi connectivity index (χ2v) is 6.95. The fraction of sp³-hybridized carbons (Fsp3) is 0.400. The maximum absolute atomic E-state index is 12.7. The van der Waals surface area contributed by atoms with E-state index in [2.05, 4.69) is 4.99 Å². The summed E-state index contributed by atoms with van der Waals surface area (Å²) < 4.78 is 21.6. The number of thioether (sulfide) groups is 1. The summed E-state index contributed by atoms with van der Waals surface area (Å²) in [5, 5.41) is 2.78. The topological polar surface area (TPSA) is 69.6 Å². The van der Waals surface area contributed by atoms with Gasteiger partial charge in [0.2, 0.25) is 0 Å². The lowest BCUT2D eigenvalue weighted by atomic mass is 9.94. The van der Waals surface area contributed by atoms with Crippen molar-refractivity contribution in [1.82, 2.24) is 4.90 Å². The van der Waals surface area contributed by atoms with Crippen LogP contribution in [0.3, 0.4) is 0 Å². The minimum absolute atomic E-state index is 0.305. The number of amidine groups is 1. The summed E-state index contributed by atoms with van der Waals surface area (Å²) >= 11 is 1.52. The molecule has 7 nitrogen and oxygen atoms in total. The Morgan fingerprint density at radius 2 is 2.07 bits per heavy atom. The molecule has 1 atom stereocenters. The highest BCUT2D eigenvalue weighted by Crippen LogP contribution is 2.43. The first-order valence-corrected chi connectivity index (χ1v) is 9.86. The van der Waals surface area contributed by atoms with Gasteiger partial charge in [-0.15, -0.1) is 0 Å². The fourth-order valence-corrected chi connectivity index (χ4v) is 3.90. The quantitative estimate of drug-likeness (QED) is 0.485. The van der Waals surface area contributed by atoms with E-state index in [9.17, 15) is 4.79 Å². The first kappa shape index (κ1) is 20.3. The number of benzene rings is 1. The van der Waals surface area contributed by atoms with Crippen LogP contribution < -0.4 is 9.47 Å². The summed E-state index contributed by atoms with van der Waals surface area (Å²) in [4.78, 5) is 19.2. The number of aliphatic imine (C=N–C) groups is 1. The van der Waals surface area contributed by atoms with E-state index in [1.807, 2.05) is 41.6 Å². The number of allylic oxidation sites excluding steroid dienone is 1. The minimum Gasteiger partial charge on any atom is -0.493 e. The van der Waals surface area contributed by atoms with Crippen LogP contribution in [0.2, 0.25) is 0 Å². The Morgan fingerprint density at radius 1 is 1.25 bits per heavy atom. The van der Waals surface area contributed by atoms with Crippen LogP contribution >= 0.6 is 11.8 Å². The van der Waals surface area contributed by atoms with Gasteiger partial charge in [0.1, 0.15) is 6.61 Å². The highest BCUT2D eigenvalue weighted by molar-refractivity contribution is 8.16. The van der Waals surface area contributed by atoms with Crippen molar-refractivity contribution >= 4 is 22.9 Å². The average molecular weight is 404 g/mol. The molecule has 28 heavy (non-hydrogen) atoms. The zero-order valence-electron chi connectivity index (χ0n) is 16.4. The Balaban J connectivity index is 2.00. The molecule has 0 N–H and O–H groups in total. The third kappa shape index (κ3) is 4.02. The molecule has 0 bridgehead atoms. The number of hydrogen-bond acceptors (Lipinski definition) is 8. The van der Waals surface area contributed by atoms with E-state index in [1.54, 1.807) is 21.1 Å². The molecule has 0 aromatic heterocycles. The van der Waals surface area contributed by atoms with Crippen molar-refractivity contribution in [2.24, 2.45) is 4.99 Å². The Bertz CT molecular complexity index is 834. The molecule has 0 spiro atoms. The Hall–Kier alpha value is -2.45. The van der Waals surface area contributed by atoms with E-state index in [1.165, 1.54) is 11.8 Å². The van der Waals surface area contributed by atoms with E-state index in [4.69, 9.17) is 18.9 Å². The molecule has 0 saturated heterocycles. The van der Waals surface area contributed by atoms with Crippen LogP contribution in [0.1, 0.15) is 25.5 Å². The summed E-state index contributed by atoms with van der Waals surface area (Å²) in [7, 11) is 3.22. The maximum atomic E-state index is 12.7. The van der Waals surface area contributed by atoms with Crippen LogP contribution in [-0.4, -0.2) is 50.1 Å². The Labute approximate surface area is 169 Å². The van der Waals surface area contributed by atoms with Gasteiger partial charge in [0.15, 0.2) is 16.7 Å². The average Bonchev–Trinajstić information content (AvgIpc) is 3.15. The van der Waals surface area contributed by atoms with Crippen molar-refractivity contribution in [3.63, 3.8) is 0 Å². The van der Waals surface area contributed by atoms with Gasteiger partial charge in [0.25, 0.3) is 0 Å². The third-order valence-electron chi connectivity index (χ3n) is 4.36. The minimum atomic E-state index is -0.363. The number of carbonyl (C=O) groups excluding carboxylic acids is 1. The molecule has 0 amide bonds. The highest BCUT2D eigenvalue weighted by Gasteiger charge is 2.37. The summed E-state index contributed by atoms with van der Waals surface area (Å²) in [5.41, 5.74) is 2.07. The van der Waals surface area contributed by atoms with E-state index in [0.717, 1.165) is 10.7 Å². The molecule has 1 aromatic rings. The van der Waals surface area contributed by atoms with Gasteiger partial charge < -0.3 is 23.8 Å². The van der Waals surface area contributed by atoms with Gasteiger partial charge >= 0.3 is 5.97 Å². The smallest absolute Gasteiger partial charge is 0.338 e. The van der Waals surface area contributed by atoms with Gasteiger partial charge in [-0.05, 0) is 37.0 Å². The van der Waals surface area contributed by atoms with E-state index < -0.39 is 0 Å². The molecule has 0 radical (unpaired) electrons. The molecule has 2 aliphatic heterocycles. The van der Waals surface area contributed by atoms with E-state index >= 15 is 0 Å². The number of fused-ring (bicyclic) bond motifs is 1. The van der Waals surface area contributed by atoms with Gasteiger partial charge in [-0.25, -0.2) is 9.79 Å². The lowest BCUT2D eigenvalue weighted by Gasteiger charge is -2.33. The zero-order chi connectivity index (χ0) is 20.1. The van der Waals surface area contributed by atoms with Crippen LogP contribution in [0, 0.1) is 0 Å². The number of rotatable bonds is 8. The summed E-state index contributed by atoms with van der Waals surface area (Å²) in [6, 6.07) is 5.32. The summed E-state index contributed by atoms with van der Waals surface area (Å²) in [5.74, 6) is 0.851. The first-order valence-electron chi connectivity index (χ1n) is 8.98. The van der Waals surface area contributed by atoms with Gasteiger partial charge in [-0.2, -0.15) is 0 Å². The van der Waals surface area contributed by atoms with Gasteiger partial charge in [-0.3, -0.25) is 0 Å². The van der Waals surface area contributed by atoms with Crippen LogP contribution in [0.15, 0.2) is 46.1 Å². The van der Waals surface area contributed by atoms with Crippen LogP contribution in [-0.2, 0) is 14.3 Å². The molecular formula is C20H24N2O5S. The van der Waals surface area contributed by atoms with Crippen molar-refractivity contribution in [2.45, 2.75) is 19.9 Å². The van der Waals surface area contributed by atoms with Gasteiger partial charge in [-0.1, -0.05) is 17.8 Å². The SMILES string of the molecule is CCOC(=O)C1=C(C)N=C2SC=CN2C1c1ccc(OCCOC)c(OC)c1. The van der Waals surface area contributed by atoms with Crippen molar-refractivity contribution < 1.29 is 23.7 Å². The number of nitrogens with zero attached hydrogens (tertiary/aromatic N) is 2. The highest BCUT2D eigenvalue weighted by atomic mass is 32.2. The molecule has 8 heteroatoms.